The second kappa shape index (κ2) is 8.96. The van der Waals surface area contributed by atoms with E-state index in [1.165, 1.54) is 16.9 Å². The van der Waals surface area contributed by atoms with Crippen LogP contribution in [0.3, 0.4) is 0 Å². The lowest BCUT2D eigenvalue weighted by molar-refractivity contribution is 0.262. The number of benzene rings is 2. The summed E-state index contributed by atoms with van der Waals surface area (Å²) in [6.45, 7) is 2.63. The number of carbonyl (C=O) groups is 1. The molecule has 2 aromatic carbocycles. The van der Waals surface area contributed by atoms with Crippen LogP contribution in [0.4, 0.5) is 15.6 Å². The van der Waals surface area contributed by atoms with Crippen molar-refractivity contribution in [1.82, 2.24) is 10.2 Å². The third-order valence-electron chi connectivity index (χ3n) is 3.64. The first-order valence-corrected chi connectivity index (χ1v) is 9.22. The molecule has 0 saturated heterocycles. The Hall–Kier alpha value is -2.93. The van der Waals surface area contributed by atoms with Gasteiger partial charge in [-0.05, 0) is 36.2 Å². The number of para-hydroxylation sites is 1. The molecule has 0 atom stereocenters. The maximum absolute atomic E-state index is 11.9. The van der Waals surface area contributed by atoms with Gasteiger partial charge in [-0.15, -0.1) is 10.2 Å². The van der Waals surface area contributed by atoms with E-state index in [9.17, 15) is 4.79 Å². The Labute approximate surface area is 156 Å². The highest BCUT2D eigenvalue weighted by Crippen LogP contribution is 2.17. The Kier molecular flexibility index (Phi) is 6.16. The third-order valence-corrected chi connectivity index (χ3v) is 4.53. The number of anilines is 2. The molecule has 0 fully saturated rings. The van der Waals surface area contributed by atoms with Gasteiger partial charge in [-0.2, -0.15) is 0 Å². The maximum Gasteiger partial charge on any atom is 0.325 e. The predicted octanol–water partition coefficient (Wildman–Crippen LogP) is 4.37. The van der Waals surface area contributed by atoms with Crippen LogP contribution in [0.15, 0.2) is 54.6 Å². The lowest BCUT2D eigenvalue weighted by Gasteiger charge is -2.05. The second-order valence-corrected chi connectivity index (χ2v) is 6.60. The number of urea groups is 1. The summed E-state index contributed by atoms with van der Waals surface area (Å²) in [5, 5.41) is 14.8. The molecule has 0 unspecified atom stereocenters. The van der Waals surface area contributed by atoms with Crippen LogP contribution in [-0.4, -0.2) is 22.8 Å². The summed E-state index contributed by atoms with van der Waals surface area (Å²) >= 11 is 1.34. The van der Waals surface area contributed by atoms with Crippen molar-refractivity contribution in [1.29, 1.82) is 0 Å². The van der Waals surface area contributed by atoms with Crippen molar-refractivity contribution in [3.63, 3.8) is 0 Å². The minimum atomic E-state index is -0.342. The zero-order valence-electron chi connectivity index (χ0n) is 14.4. The van der Waals surface area contributed by atoms with Gasteiger partial charge >= 0.3 is 6.03 Å². The molecule has 26 heavy (non-hydrogen) atoms. The van der Waals surface area contributed by atoms with Crippen molar-refractivity contribution in [3.05, 3.63) is 65.2 Å². The van der Waals surface area contributed by atoms with Crippen molar-refractivity contribution in [2.45, 2.75) is 19.8 Å². The van der Waals surface area contributed by atoms with Gasteiger partial charge in [0.15, 0.2) is 0 Å². The summed E-state index contributed by atoms with van der Waals surface area (Å²) in [6, 6.07) is 17.0. The minimum Gasteiger partial charge on any atom is -0.493 e. The van der Waals surface area contributed by atoms with Gasteiger partial charge in [0, 0.05) is 12.1 Å². The van der Waals surface area contributed by atoms with Crippen LogP contribution in [0.1, 0.15) is 17.5 Å². The number of nitrogens with one attached hydrogen (secondary N) is 2. The first kappa shape index (κ1) is 17.9. The molecule has 3 aromatic rings. The van der Waals surface area contributed by atoms with Crippen LogP contribution >= 0.6 is 11.3 Å². The number of aryl methyl sites for hydroxylation is 1. The average molecular weight is 368 g/mol. The molecule has 0 saturated carbocycles. The highest BCUT2D eigenvalue weighted by molar-refractivity contribution is 7.15. The quantitative estimate of drug-likeness (QED) is 0.649. The highest BCUT2D eigenvalue weighted by Gasteiger charge is 2.08. The summed E-state index contributed by atoms with van der Waals surface area (Å²) in [4.78, 5) is 11.9. The molecule has 1 heterocycles. The van der Waals surface area contributed by atoms with E-state index in [1.54, 1.807) is 0 Å². The van der Waals surface area contributed by atoms with Gasteiger partial charge in [-0.3, -0.25) is 5.32 Å². The largest absolute Gasteiger partial charge is 0.493 e. The van der Waals surface area contributed by atoms with E-state index in [1.807, 2.05) is 42.5 Å². The molecule has 0 bridgehead atoms. The first-order valence-electron chi connectivity index (χ1n) is 8.40. The van der Waals surface area contributed by atoms with Crippen LogP contribution in [-0.2, 0) is 12.8 Å². The molecule has 0 radical (unpaired) electrons. The number of nitrogens with zero attached hydrogens (tertiary/aromatic N) is 2. The fourth-order valence-corrected chi connectivity index (χ4v) is 2.98. The number of hydrogen-bond donors (Lipinski definition) is 2. The van der Waals surface area contributed by atoms with Crippen molar-refractivity contribution in [3.8, 4) is 5.75 Å². The van der Waals surface area contributed by atoms with E-state index < -0.39 is 0 Å². The van der Waals surface area contributed by atoms with E-state index in [4.69, 9.17) is 4.74 Å². The molecule has 0 aliphatic rings. The van der Waals surface area contributed by atoms with Crippen molar-refractivity contribution < 1.29 is 9.53 Å². The number of rotatable bonds is 7. The Bertz CT molecular complexity index is 834. The maximum atomic E-state index is 11.9. The normalized spacial score (nSPS) is 10.3. The van der Waals surface area contributed by atoms with Gasteiger partial charge < -0.3 is 10.1 Å². The fourth-order valence-electron chi connectivity index (χ4n) is 2.26. The number of hydrogen-bond acceptors (Lipinski definition) is 5. The van der Waals surface area contributed by atoms with Gasteiger partial charge in [-0.1, -0.05) is 48.6 Å². The van der Waals surface area contributed by atoms with E-state index >= 15 is 0 Å². The summed E-state index contributed by atoms with van der Waals surface area (Å²) in [5.74, 6) is 0.840. The molecule has 0 aliphatic heterocycles. The lowest BCUT2D eigenvalue weighted by atomic mass is 10.2. The first-order chi connectivity index (χ1) is 12.7. The summed E-state index contributed by atoms with van der Waals surface area (Å²) in [7, 11) is 0. The zero-order valence-corrected chi connectivity index (χ0v) is 15.3. The SMILES string of the molecule is CCc1ccc(OCCc2nnc(NC(=O)Nc3ccccc3)s2)cc1. The van der Waals surface area contributed by atoms with Crippen LogP contribution in [0, 0.1) is 0 Å². The highest BCUT2D eigenvalue weighted by atomic mass is 32.1. The predicted molar refractivity (Wildman–Crippen MR) is 104 cm³/mol. The molecule has 1 aromatic heterocycles. The number of aromatic nitrogens is 2. The number of ether oxygens (including phenoxy) is 1. The van der Waals surface area contributed by atoms with Gasteiger partial charge in [0.1, 0.15) is 10.8 Å². The topological polar surface area (TPSA) is 76.1 Å². The van der Waals surface area contributed by atoms with Crippen molar-refractivity contribution >= 4 is 28.2 Å². The monoisotopic (exact) mass is 368 g/mol. The number of carbonyl (C=O) groups excluding carboxylic acids is 1. The molecular weight excluding hydrogens is 348 g/mol. The van der Waals surface area contributed by atoms with Crippen LogP contribution in [0.2, 0.25) is 0 Å². The smallest absolute Gasteiger partial charge is 0.325 e. The Morgan fingerprint density at radius 3 is 2.54 bits per heavy atom. The molecular formula is C19H20N4O2S. The Balaban J connectivity index is 1.44. The molecule has 2 amide bonds. The van der Waals surface area contributed by atoms with Crippen LogP contribution in [0.5, 0.6) is 5.75 Å². The standard InChI is InChI=1S/C19H20N4O2S/c1-2-14-8-10-16(11-9-14)25-13-12-17-22-23-19(26-17)21-18(24)20-15-6-4-3-5-7-15/h3-11H,2,12-13H2,1H3,(H2,20,21,23,24). The van der Waals surface area contributed by atoms with Gasteiger partial charge in [0.2, 0.25) is 5.13 Å². The summed E-state index contributed by atoms with van der Waals surface area (Å²) in [5.41, 5.74) is 2.00. The van der Waals surface area contributed by atoms with Gasteiger partial charge in [0.25, 0.3) is 0 Å². The second-order valence-electron chi connectivity index (χ2n) is 5.54. The van der Waals surface area contributed by atoms with Crippen LogP contribution < -0.4 is 15.4 Å². The third kappa shape index (κ3) is 5.29. The van der Waals surface area contributed by atoms with E-state index in [0.29, 0.717) is 18.2 Å². The van der Waals surface area contributed by atoms with Gasteiger partial charge in [0.05, 0.1) is 6.61 Å². The minimum absolute atomic E-state index is 0.342. The molecule has 7 heteroatoms. The molecule has 6 nitrogen and oxygen atoms in total. The zero-order chi connectivity index (χ0) is 18.2. The fraction of sp³-hybridized carbons (Fsp3) is 0.211. The van der Waals surface area contributed by atoms with E-state index in [0.717, 1.165) is 22.9 Å². The van der Waals surface area contributed by atoms with E-state index in [2.05, 4.69) is 39.9 Å². The molecule has 0 spiro atoms. The molecule has 2 N–H and O–H groups in total. The van der Waals surface area contributed by atoms with E-state index in [-0.39, 0.29) is 6.03 Å². The summed E-state index contributed by atoms with van der Waals surface area (Å²) in [6.07, 6.45) is 1.65. The molecule has 3 rings (SSSR count). The van der Waals surface area contributed by atoms with Crippen LogP contribution in [0.25, 0.3) is 0 Å². The lowest BCUT2D eigenvalue weighted by Crippen LogP contribution is -2.19. The number of amides is 2. The van der Waals surface area contributed by atoms with Crippen molar-refractivity contribution in [2.24, 2.45) is 0 Å². The van der Waals surface area contributed by atoms with Crippen molar-refractivity contribution in [2.75, 3.05) is 17.2 Å². The average Bonchev–Trinajstić information content (AvgIpc) is 3.10. The summed E-state index contributed by atoms with van der Waals surface area (Å²) < 4.78 is 5.72. The Morgan fingerprint density at radius 2 is 1.81 bits per heavy atom. The Morgan fingerprint density at radius 1 is 1.04 bits per heavy atom. The van der Waals surface area contributed by atoms with Gasteiger partial charge in [-0.25, -0.2) is 4.79 Å². The molecule has 0 aliphatic carbocycles. The molecule has 134 valence electrons.